The molecule has 0 aromatic heterocycles. The fourth-order valence-corrected chi connectivity index (χ4v) is 2.64. The summed E-state index contributed by atoms with van der Waals surface area (Å²) in [6.07, 6.45) is 1.82. The second-order valence-corrected chi connectivity index (χ2v) is 5.02. The highest BCUT2D eigenvalue weighted by molar-refractivity contribution is 5.73. The molecule has 2 atom stereocenters. The molecule has 0 saturated heterocycles. The Morgan fingerprint density at radius 1 is 1.35 bits per heavy atom. The number of rotatable bonds is 2. The molecule has 2 rings (SSSR count). The van der Waals surface area contributed by atoms with Crippen LogP contribution in [-0.2, 0) is 22.4 Å². The molecule has 0 amide bonds. The highest BCUT2D eigenvalue weighted by Gasteiger charge is 2.31. The van der Waals surface area contributed by atoms with Gasteiger partial charge in [0, 0.05) is 0 Å². The zero-order chi connectivity index (χ0) is 12.4. The van der Waals surface area contributed by atoms with Gasteiger partial charge in [0.1, 0.15) is 0 Å². The zero-order valence-corrected chi connectivity index (χ0v) is 10.8. The van der Waals surface area contributed by atoms with Gasteiger partial charge in [0.15, 0.2) is 0 Å². The van der Waals surface area contributed by atoms with Crippen molar-refractivity contribution in [2.75, 3.05) is 6.61 Å². The molecule has 1 aliphatic carbocycles. The molecule has 0 radical (unpaired) electrons. The SMILES string of the molecule is CCOC(=O)[C@@H]1Cc2ccc(C)cc2C[C@@H]1C. The molecule has 17 heavy (non-hydrogen) atoms. The summed E-state index contributed by atoms with van der Waals surface area (Å²) in [6, 6.07) is 6.52. The van der Waals surface area contributed by atoms with Crippen molar-refractivity contribution < 1.29 is 9.53 Å². The Morgan fingerprint density at radius 3 is 2.82 bits per heavy atom. The fourth-order valence-electron chi connectivity index (χ4n) is 2.64. The van der Waals surface area contributed by atoms with Crippen molar-refractivity contribution in [2.24, 2.45) is 11.8 Å². The lowest BCUT2D eigenvalue weighted by Gasteiger charge is -2.29. The summed E-state index contributed by atoms with van der Waals surface area (Å²) < 4.78 is 5.15. The molecule has 0 unspecified atom stereocenters. The Balaban J connectivity index is 2.21. The lowest BCUT2D eigenvalue weighted by molar-refractivity contribution is -0.150. The number of ether oxygens (including phenoxy) is 1. The Kier molecular flexibility index (Phi) is 3.51. The van der Waals surface area contributed by atoms with Crippen molar-refractivity contribution in [2.45, 2.75) is 33.6 Å². The van der Waals surface area contributed by atoms with E-state index in [0.29, 0.717) is 12.5 Å². The maximum absolute atomic E-state index is 11.9. The second kappa shape index (κ2) is 4.91. The number of carbonyl (C=O) groups excluding carboxylic acids is 1. The maximum atomic E-state index is 11.9. The van der Waals surface area contributed by atoms with Crippen LogP contribution in [0, 0.1) is 18.8 Å². The Morgan fingerprint density at radius 2 is 2.12 bits per heavy atom. The van der Waals surface area contributed by atoms with Crippen molar-refractivity contribution in [1.29, 1.82) is 0 Å². The van der Waals surface area contributed by atoms with Gasteiger partial charge in [-0.2, -0.15) is 0 Å². The number of hydrogen-bond acceptors (Lipinski definition) is 2. The first kappa shape index (κ1) is 12.2. The predicted octanol–water partition coefficient (Wildman–Crippen LogP) is 2.91. The third-order valence-corrected chi connectivity index (χ3v) is 3.62. The summed E-state index contributed by atoms with van der Waals surface area (Å²) in [7, 11) is 0. The van der Waals surface area contributed by atoms with Crippen LogP contribution < -0.4 is 0 Å². The molecule has 0 fully saturated rings. The Bertz CT molecular complexity index is 423. The van der Waals surface area contributed by atoms with Gasteiger partial charge in [-0.25, -0.2) is 0 Å². The van der Waals surface area contributed by atoms with Gasteiger partial charge in [0.05, 0.1) is 12.5 Å². The van der Waals surface area contributed by atoms with Gasteiger partial charge in [0.2, 0.25) is 0 Å². The first-order chi connectivity index (χ1) is 8.11. The van der Waals surface area contributed by atoms with Crippen LogP contribution in [0.25, 0.3) is 0 Å². The predicted molar refractivity (Wildman–Crippen MR) is 67.9 cm³/mol. The summed E-state index contributed by atoms with van der Waals surface area (Å²) in [5.74, 6) is 0.375. The lowest BCUT2D eigenvalue weighted by atomic mass is 9.76. The van der Waals surface area contributed by atoms with Gasteiger partial charge < -0.3 is 4.74 Å². The zero-order valence-electron chi connectivity index (χ0n) is 10.8. The summed E-state index contributed by atoms with van der Waals surface area (Å²) in [5, 5.41) is 0. The molecule has 0 bridgehead atoms. The summed E-state index contributed by atoms with van der Waals surface area (Å²) >= 11 is 0. The van der Waals surface area contributed by atoms with Crippen molar-refractivity contribution in [1.82, 2.24) is 0 Å². The van der Waals surface area contributed by atoms with E-state index in [1.165, 1.54) is 16.7 Å². The second-order valence-electron chi connectivity index (χ2n) is 5.02. The van der Waals surface area contributed by atoms with Gasteiger partial charge in [-0.1, -0.05) is 30.7 Å². The van der Waals surface area contributed by atoms with Crippen molar-refractivity contribution in [3.05, 3.63) is 34.9 Å². The fraction of sp³-hybridized carbons (Fsp3) is 0.533. The van der Waals surface area contributed by atoms with Gasteiger partial charge in [-0.3, -0.25) is 4.79 Å². The maximum Gasteiger partial charge on any atom is 0.309 e. The van der Waals surface area contributed by atoms with Gasteiger partial charge >= 0.3 is 5.97 Å². The molecule has 0 spiro atoms. The Labute approximate surface area is 103 Å². The molecule has 0 aliphatic heterocycles. The molecule has 0 saturated carbocycles. The number of esters is 1. The minimum absolute atomic E-state index is 0.0326. The van der Waals surface area contributed by atoms with Crippen LogP contribution in [0.3, 0.4) is 0 Å². The van der Waals surface area contributed by atoms with Crippen LogP contribution in [-0.4, -0.2) is 12.6 Å². The van der Waals surface area contributed by atoms with E-state index in [2.05, 4.69) is 32.0 Å². The smallest absolute Gasteiger partial charge is 0.309 e. The Hall–Kier alpha value is -1.31. The molecule has 1 aromatic rings. The van der Waals surface area contributed by atoms with Crippen molar-refractivity contribution >= 4 is 5.97 Å². The van der Waals surface area contributed by atoms with Crippen LogP contribution in [0.4, 0.5) is 0 Å². The topological polar surface area (TPSA) is 26.3 Å². The van der Waals surface area contributed by atoms with Crippen LogP contribution >= 0.6 is 0 Å². The van der Waals surface area contributed by atoms with E-state index in [4.69, 9.17) is 4.74 Å². The van der Waals surface area contributed by atoms with Gasteiger partial charge in [-0.15, -0.1) is 0 Å². The van der Waals surface area contributed by atoms with Crippen LogP contribution in [0.1, 0.15) is 30.5 Å². The third-order valence-electron chi connectivity index (χ3n) is 3.62. The quantitative estimate of drug-likeness (QED) is 0.733. The molecular formula is C15H20O2. The van der Waals surface area contributed by atoms with Crippen LogP contribution in [0.15, 0.2) is 18.2 Å². The average Bonchev–Trinajstić information content (AvgIpc) is 2.28. The minimum atomic E-state index is -0.0359. The van der Waals surface area contributed by atoms with E-state index in [1.54, 1.807) is 0 Å². The number of fused-ring (bicyclic) bond motifs is 1. The first-order valence-corrected chi connectivity index (χ1v) is 6.37. The molecule has 1 aromatic carbocycles. The first-order valence-electron chi connectivity index (χ1n) is 6.37. The van der Waals surface area contributed by atoms with E-state index in [1.807, 2.05) is 6.92 Å². The summed E-state index contributed by atoms with van der Waals surface area (Å²) in [4.78, 5) is 11.9. The standard InChI is InChI=1S/C15H20O2/c1-4-17-15(16)14-9-12-6-5-10(2)7-13(12)8-11(14)3/h5-7,11,14H,4,8-9H2,1-3H3/t11-,14+/m0/s1. The largest absolute Gasteiger partial charge is 0.466 e. The van der Waals surface area contributed by atoms with E-state index in [-0.39, 0.29) is 11.9 Å². The summed E-state index contributed by atoms with van der Waals surface area (Å²) in [6.45, 7) is 6.60. The number of hydrogen-bond donors (Lipinski definition) is 0. The van der Waals surface area contributed by atoms with Gasteiger partial charge in [0.25, 0.3) is 0 Å². The number of benzene rings is 1. The minimum Gasteiger partial charge on any atom is -0.466 e. The number of carbonyl (C=O) groups is 1. The van der Waals surface area contributed by atoms with Crippen molar-refractivity contribution in [3.8, 4) is 0 Å². The number of aryl methyl sites for hydroxylation is 1. The molecule has 0 N–H and O–H groups in total. The molecule has 2 heteroatoms. The molecule has 1 aliphatic rings. The van der Waals surface area contributed by atoms with Crippen LogP contribution in [0.2, 0.25) is 0 Å². The van der Waals surface area contributed by atoms with E-state index >= 15 is 0 Å². The lowest BCUT2D eigenvalue weighted by Crippen LogP contribution is -2.31. The normalized spacial score (nSPS) is 23.0. The van der Waals surface area contributed by atoms with Crippen LogP contribution in [0.5, 0.6) is 0 Å². The van der Waals surface area contributed by atoms with Gasteiger partial charge in [-0.05, 0) is 43.7 Å². The van der Waals surface area contributed by atoms with Crippen molar-refractivity contribution in [3.63, 3.8) is 0 Å². The molecule has 2 nitrogen and oxygen atoms in total. The van der Waals surface area contributed by atoms with E-state index in [0.717, 1.165) is 12.8 Å². The van der Waals surface area contributed by atoms with E-state index in [9.17, 15) is 4.79 Å². The monoisotopic (exact) mass is 232 g/mol. The van der Waals surface area contributed by atoms with E-state index < -0.39 is 0 Å². The third kappa shape index (κ3) is 2.51. The molecule has 0 heterocycles. The summed E-state index contributed by atoms with van der Waals surface area (Å²) in [5.41, 5.74) is 4.01. The molecular weight excluding hydrogens is 212 g/mol. The highest BCUT2D eigenvalue weighted by atomic mass is 16.5. The molecule has 92 valence electrons. The highest BCUT2D eigenvalue weighted by Crippen LogP contribution is 2.31. The average molecular weight is 232 g/mol.